The van der Waals surface area contributed by atoms with Crippen LogP contribution in [0, 0.1) is 6.92 Å². The molecule has 3 aromatic rings. The molecule has 1 aromatic carbocycles. The smallest absolute Gasteiger partial charge is 0.336 e. The molecule has 0 bridgehead atoms. The molecule has 0 spiro atoms. The fraction of sp³-hybridized carbons (Fsp3) is 0.222. The van der Waals surface area contributed by atoms with Gasteiger partial charge in [-0.3, -0.25) is 4.79 Å². The number of carbonyl (C=O) groups is 2. The average Bonchev–Trinajstić information content (AvgIpc) is 2.93. The number of hydrogen-bond acceptors (Lipinski definition) is 7. The van der Waals surface area contributed by atoms with Gasteiger partial charge in [-0.2, -0.15) is 0 Å². The highest BCUT2D eigenvalue weighted by Crippen LogP contribution is 2.34. The summed E-state index contributed by atoms with van der Waals surface area (Å²) in [4.78, 5) is 33.0. The molecular weight excluding hydrogens is 372 g/mol. The minimum absolute atomic E-state index is 0.184. The predicted octanol–water partition coefficient (Wildman–Crippen LogP) is 3.95. The largest absolute Gasteiger partial charge is 0.478 e. The number of hydrogen-bond donors (Lipinski definition) is 1. The average molecular weight is 388 g/mol. The summed E-state index contributed by atoms with van der Waals surface area (Å²) in [7, 11) is 0. The number of aromatic carboxylic acids is 1. The van der Waals surface area contributed by atoms with Crippen molar-refractivity contribution in [3.63, 3.8) is 0 Å². The van der Waals surface area contributed by atoms with E-state index in [4.69, 9.17) is 4.74 Å². The number of para-hydroxylation sites is 1. The molecule has 8 heteroatoms. The van der Waals surface area contributed by atoms with Crippen LogP contribution in [0.4, 0.5) is 0 Å². The fourth-order valence-corrected chi connectivity index (χ4v) is 4.61. The van der Waals surface area contributed by atoms with E-state index in [9.17, 15) is 14.7 Å². The van der Waals surface area contributed by atoms with Gasteiger partial charge in [0, 0.05) is 10.3 Å². The van der Waals surface area contributed by atoms with Gasteiger partial charge in [-0.25, -0.2) is 14.8 Å². The molecule has 6 nitrogen and oxygen atoms in total. The minimum atomic E-state index is -0.997. The standard InChI is InChI=1S/C18H16N2O4S2/c1-3-24-16(21)9-14-10(2)19-18(25-14)26-15-8-12(17(22)23)11-6-4-5-7-13(11)20-15/h4-8H,3,9H2,1-2H3,(H,22,23). The third kappa shape index (κ3) is 4.03. The van der Waals surface area contributed by atoms with E-state index in [1.54, 1.807) is 31.2 Å². The molecule has 2 heterocycles. The van der Waals surface area contributed by atoms with Crippen LogP contribution < -0.4 is 0 Å². The number of carbonyl (C=O) groups excluding carboxylic acids is 1. The zero-order valence-electron chi connectivity index (χ0n) is 14.2. The van der Waals surface area contributed by atoms with E-state index in [1.807, 2.05) is 13.0 Å². The van der Waals surface area contributed by atoms with Crippen LogP contribution in [0.3, 0.4) is 0 Å². The number of carboxylic acids is 1. The lowest BCUT2D eigenvalue weighted by molar-refractivity contribution is -0.142. The Morgan fingerprint density at radius 3 is 2.77 bits per heavy atom. The van der Waals surface area contributed by atoms with E-state index >= 15 is 0 Å². The first kappa shape index (κ1) is 18.3. The molecule has 0 atom stereocenters. The van der Waals surface area contributed by atoms with E-state index in [-0.39, 0.29) is 18.0 Å². The molecule has 0 unspecified atom stereocenters. The van der Waals surface area contributed by atoms with E-state index in [1.165, 1.54) is 23.1 Å². The number of aromatic nitrogens is 2. The molecule has 134 valence electrons. The van der Waals surface area contributed by atoms with Gasteiger partial charge in [0.25, 0.3) is 0 Å². The lowest BCUT2D eigenvalue weighted by atomic mass is 10.1. The number of ether oxygens (including phenoxy) is 1. The molecule has 0 fully saturated rings. The first-order chi connectivity index (χ1) is 12.5. The van der Waals surface area contributed by atoms with Crippen molar-refractivity contribution in [1.29, 1.82) is 0 Å². The number of rotatable bonds is 6. The molecule has 0 amide bonds. The van der Waals surface area contributed by atoms with Crippen LogP contribution in [0.1, 0.15) is 27.9 Å². The van der Waals surface area contributed by atoms with Crippen LogP contribution in [-0.4, -0.2) is 33.6 Å². The van der Waals surface area contributed by atoms with E-state index in [0.717, 1.165) is 10.6 Å². The Bertz CT molecular complexity index is 984. The summed E-state index contributed by atoms with van der Waals surface area (Å²) >= 11 is 2.68. The second-order valence-corrected chi connectivity index (χ2v) is 7.75. The third-order valence-corrected chi connectivity index (χ3v) is 5.73. The van der Waals surface area contributed by atoms with Crippen molar-refractivity contribution in [3.8, 4) is 0 Å². The molecular formula is C18H16N2O4S2. The quantitative estimate of drug-likeness (QED) is 0.639. The lowest BCUT2D eigenvalue weighted by Gasteiger charge is -2.05. The number of benzene rings is 1. The van der Waals surface area contributed by atoms with Crippen molar-refractivity contribution in [1.82, 2.24) is 9.97 Å². The molecule has 0 saturated heterocycles. The van der Waals surface area contributed by atoms with Crippen molar-refractivity contribution in [2.24, 2.45) is 0 Å². The van der Waals surface area contributed by atoms with Crippen LogP contribution in [0.15, 0.2) is 39.7 Å². The summed E-state index contributed by atoms with van der Waals surface area (Å²) in [5.41, 5.74) is 1.60. The van der Waals surface area contributed by atoms with Crippen LogP contribution in [0.5, 0.6) is 0 Å². The Kier molecular flexibility index (Phi) is 5.53. The Labute approximate surface area is 158 Å². The molecule has 0 aliphatic rings. The SMILES string of the molecule is CCOC(=O)Cc1sc(Sc2cc(C(=O)O)c3ccccc3n2)nc1C. The number of pyridine rings is 1. The third-order valence-electron chi connectivity index (χ3n) is 3.60. The Balaban J connectivity index is 1.89. The summed E-state index contributed by atoms with van der Waals surface area (Å²) in [5.74, 6) is -1.28. The molecule has 2 aromatic heterocycles. The number of esters is 1. The summed E-state index contributed by atoms with van der Waals surface area (Å²) in [6, 6.07) is 8.68. The number of thiazole rings is 1. The molecule has 0 aliphatic heterocycles. The fourth-order valence-electron chi connectivity index (χ4n) is 2.42. The first-order valence-electron chi connectivity index (χ1n) is 7.90. The maximum Gasteiger partial charge on any atom is 0.336 e. The van der Waals surface area contributed by atoms with Crippen molar-refractivity contribution >= 4 is 45.9 Å². The van der Waals surface area contributed by atoms with Gasteiger partial charge in [-0.05, 0) is 37.7 Å². The highest BCUT2D eigenvalue weighted by atomic mass is 32.2. The summed E-state index contributed by atoms with van der Waals surface area (Å²) in [5, 5.41) is 10.6. The topological polar surface area (TPSA) is 89.4 Å². The van der Waals surface area contributed by atoms with Crippen molar-refractivity contribution in [3.05, 3.63) is 46.5 Å². The van der Waals surface area contributed by atoms with E-state index < -0.39 is 5.97 Å². The van der Waals surface area contributed by atoms with Gasteiger partial charge in [0.05, 0.1) is 29.8 Å². The highest BCUT2D eigenvalue weighted by molar-refractivity contribution is 8.01. The maximum atomic E-state index is 11.7. The van der Waals surface area contributed by atoms with Crippen LogP contribution in [0.2, 0.25) is 0 Å². The van der Waals surface area contributed by atoms with Crippen LogP contribution in [0.25, 0.3) is 10.9 Å². The van der Waals surface area contributed by atoms with Gasteiger partial charge in [-0.15, -0.1) is 11.3 Å². The summed E-state index contributed by atoms with van der Waals surface area (Å²) < 4.78 is 5.68. The first-order valence-corrected chi connectivity index (χ1v) is 9.54. The van der Waals surface area contributed by atoms with Gasteiger partial charge in [0.2, 0.25) is 0 Å². The zero-order chi connectivity index (χ0) is 18.7. The number of fused-ring (bicyclic) bond motifs is 1. The molecule has 0 radical (unpaired) electrons. The Morgan fingerprint density at radius 1 is 1.27 bits per heavy atom. The van der Waals surface area contributed by atoms with Crippen molar-refractivity contribution in [2.45, 2.75) is 29.6 Å². The lowest BCUT2D eigenvalue weighted by Crippen LogP contribution is -2.07. The minimum Gasteiger partial charge on any atom is -0.478 e. The normalized spacial score (nSPS) is 10.8. The zero-order valence-corrected chi connectivity index (χ0v) is 15.8. The number of aryl methyl sites for hydroxylation is 1. The maximum absolute atomic E-state index is 11.7. The van der Waals surface area contributed by atoms with Gasteiger partial charge >= 0.3 is 11.9 Å². The molecule has 0 saturated carbocycles. The Morgan fingerprint density at radius 2 is 2.04 bits per heavy atom. The second kappa shape index (κ2) is 7.84. The highest BCUT2D eigenvalue weighted by Gasteiger charge is 2.16. The number of nitrogens with zero attached hydrogens (tertiary/aromatic N) is 2. The van der Waals surface area contributed by atoms with Crippen LogP contribution in [-0.2, 0) is 16.0 Å². The monoisotopic (exact) mass is 388 g/mol. The van der Waals surface area contributed by atoms with Gasteiger partial charge in [0.15, 0.2) is 4.34 Å². The molecule has 26 heavy (non-hydrogen) atoms. The van der Waals surface area contributed by atoms with Gasteiger partial charge < -0.3 is 9.84 Å². The molecule has 1 N–H and O–H groups in total. The van der Waals surface area contributed by atoms with Crippen molar-refractivity contribution < 1.29 is 19.4 Å². The van der Waals surface area contributed by atoms with Crippen molar-refractivity contribution in [2.75, 3.05) is 6.61 Å². The van der Waals surface area contributed by atoms with E-state index in [2.05, 4.69) is 9.97 Å². The van der Waals surface area contributed by atoms with Crippen LogP contribution >= 0.6 is 23.1 Å². The van der Waals surface area contributed by atoms with Gasteiger partial charge in [-0.1, -0.05) is 18.2 Å². The Hall–Kier alpha value is -2.45. The second-order valence-electron chi connectivity index (χ2n) is 5.40. The van der Waals surface area contributed by atoms with Gasteiger partial charge in [0.1, 0.15) is 5.03 Å². The summed E-state index contributed by atoms with van der Waals surface area (Å²) in [6.07, 6.45) is 0.184. The summed E-state index contributed by atoms with van der Waals surface area (Å²) in [6.45, 7) is 3.95. The molecule has 0 aliphatic carbocycles. The predicted molar refractivity (Wildman–Crippen MR) is 100 cm³/mol. The molecule has 3 rings (SSSR count). The number of carboxylic acid groups (broad SMARTS) is 1. The van der Waals surface area contributed by atoms with E-state index in [0.29, 0.717) is 26.9 Å².